The third kappa shape index (κ3) is 2.24. The van der Waals surface area contributed by atoms with E-state index in [0.29, 0.717) is 17.2 Å². The number of nitrogens with zero attached hydrogens (tertiary/aromatic N) is 4. The number of hydrogen-bond acceptors (Lipinski definition) is 4. The first-order valence-corrected chi connectivity index (χ1v) is 6.48. The molecule has 0 saturated carbocycles. The highest BCUT2D eigenvalue weighted by Crippen LogP contribution is 2.27. The molecule has 3 rings (SSSR count). The predicted octanol–water partition coefficient (Wildman–Crippen LogP) is 2.67. The summed E-state index contributed by atoms with van der Waals surface area (Å²) in [6, 6.07) is 10.1. The summed E-state index contributed by atoms with van der Waals surface area (Å²) in [5.41, 5.74) is 9.80. The van der Waals surface area contributed by atoms with E-state index in [0.717, 1.165) is 16.7 Å². The molecular weight excluding hydrogens is 269 g/mol. The van der Waals surface area contributed by atoms with E-state index >= 15 is 0 Å². The summed E-state index contributed by atoms with van der Waals surface area (Å²) in [5, 5.41) is 11.8. The van der Waals surface area contributed by atoms with Gasteiger partial charge in [0, 0.05) is 11.3 Å². The molecule has 6 heteroatoms. The molecule has 0 aliphatic heterocycles. The fourth-order valence-electron chi connectivity index (χ4n) is 2.22. The second-order valence-electron chi connectivity index (χ2n) is 4.86. The van der Waals surface area contributed by atoms with Gasteiger partial charge in [0.2, 0.25) is 0 Å². The minimum atomic E-state index is -0.332. The molecule has 2 aromatic carbocycles. The van der Waals surface area contributed by atoms with Crippen LogP contribution in [0.3, 0.4) is 0 Å². The van der Waals surface area contributed by atoms with Gasteiger partial charge in [0.05, 0.1) is 5.69 Å². The van der Waals surface area contributed by atoms with E-state index in [1.165, 1.54) is 16.8 Å². The standard InChI is InChI=1S/C15H14FN5/c1-9-6-7-11(16)8-14(9)21-15(18-19-20-21)12-4-3-5-13(17)10(12)2/h3-8H,17H2,1-2H3. The van der Waals surface area contributed by atoms with E-state index in [1.54, 1.807) is 6.07 Å². The van der Waals surface area contributed by atoms with Crippen LogP contribution in [-0.4, -0.2) is 20.2 Å². The molecule has 0 amide bonds. The zero-order valence-electron chi connectivity index (χ0n) is 11.7. The van der Waals surface area contributed by atoms with Gasteiger partial charge in [-0.2, -0.15) is 4.68 Å². The van der Waals surface area contributed by atoms with Gasteiger partial charge in [-0.15, -0.1) is 5.10 Å². The Kier molecular flexibility index (Phi) is 3.13. The fraction of sp³-hybridized carbons (Fsp3) is 0.133. The third-order valence-electron chi connectivity index (χ3n) is 3.49. The lowest BCUT2D eigenvalue weighted by molar-refractivity contribution is 0.624. The van der Waals surface area contributed by atoms with Gasteiger partial charge in [-0.25, -0.2) is 4.39 Å². The Morgan fingerprint density at radius 2 is 1.95 bits per heavy atom. The molecule has 0 radical (unpaired) electrons. The van der Waals surface area contributed by atoms with Crippen LogP contribution in [0.5, 0.6) is 0 Å². The van der Waals surface area contributed by atoms with Crippen LogP contribution in [0.15, 0.2) is 36.4 Å². The van der Waals surface area contributed by atoms with Gasteiger partial charge in [0.15, 0.2) is 5.82 Å². The smallest absolute Gasteiger partial charge is 0.187 e. The Morgan fingerprint density at radius 3 is 2.76 bits per heavy atom. The zero-order valence-corrected chi connectivity index (χ0v) is 11.7. The number of halogens is 1. The number of hydrogen-bond donors (Lipinski definition) is 1. The highest BCUT2D eigenvalue weighted by Gasteiger charge is 2.15. The van der Waals surface area contributed by atoms with Crippen LogP contribution in [0.4, 0.5) is 10.1 Å². The van der Waals surface area contributed by atoms with Gasteiger partial charge >= 0.3 is 0 Å². The summed E-state index contributed by atoms with van der Waals surface area (Å²) >= 11 is 0. The predicted molar refractivity (Wildman–Crippen MR) is 78.4 cm³/mol. The number of tetrazole rings is 1. The Balaban J connectivity index is 2.22. The molecule has 0 spiro atoms. The van der Waals surface area contributed by atoms with Gasteiger partial charge in [0.1, 0.15) is 5.82 Å². The topological polar surface area (TPSA) is 69.6 Å². The highest BCUT2D eigenvalue weighted by molar-refractivity contribution is 5.69. The molecule has 1 aromatic heterocycles. The quantitative estimate of drug-likeness (QED) is 0.734. The summed E-state index contributed by atoms with van der Waals surface area (Å²) < 4.78 is 15.0. The number of nitrogens with two attached hydrogens (primary N) is 1. The largest absolute Gasteiger partial charge is 0.398 e. The van der Waals surface area contributed by atoms with Crippen LogP contribution in [0.25, 0.3) is 17.1 Å². The summed E-state index contributed by atoms with van der Waals surface area (Å²) in [5.74, 6) is 0.204. The van der Waals surface area contributed by atoms with Crippen molar-refractivity contribution in [1.82, 2.24) is 20.2 Å². The van der Waals surface area contributed by atoms with Gasteiger partial charge in [-0.1, -0.05) is 18.2 Å². The maximum atomic E-state index is 13.5. The number of rotatable bonds is 2. The van der Waals surface area contributed by atoms with Gasteiger partial charge < -0.3 is 5.73 Å². The van der Waals surface area contributed by atoms with Crippen LogP contribution in [-0.2, 0) is 0 Å². The normalized spacial score (nSPS) is 10.8. The SMILES string of the molecule is Cc1ccc(F)cc1-n1nnnc1-c1cccc(N)c1C. The van der Waals surface area contributed by atoms with Crippen LogP contribution >= 0.6 is 0 Å². The zero-order chi connectivity index (χ0) is 15.0. The number of aromatic nitrogens is 4. The monoisotopic (exact) mass is 283 g/mol. The van der Waals surface area contributed by atoms with E-state index in [4.69, 9.17) is 5.73 Å². The molecular formula is C15H14FN5. The van der Waals surface area contributed by atoms with E-state index in [2.05, 4.69) is 15.5 Å². The molecule has 106 valence electrons. The van der Waals surface area contributed by atoms with Crippen molar-refractivity contribution in [3.63, 3.8) is 0 Å². The van der Waals surface area contributed by atoms with Crippen molar-refractivity contribution in [1.29, 1.82) is 0 Å². The van der Waals surface area contributed by atoms with Crippen LogP contribution in [0.1, 0.15) is 11.1 Å². The minimum Gasteiger partial charge on any atom is -0.398 e. The second kappa shape index (κ2) is 4.97. The molecule has 1 heterocycles. The van der Waals surface area contributed by atoms with Crippen LogP contribution in [0, 0.1) is 19.7 Å². The molecule has 3 aromatic rings. The minimum absolute atomic E-state index is 0.332. The van der Waals surface area contributed by atoms with Gasteiger partial charge in [0.25, 0.3) is 0 Å². The number of benzene rings is 2. The van der Waals surface area contributed by atoms with E-state index in [1.807, 2.05) is 32.0 Å². The lowest BCUT2D eigenvalue weighted by Gasteiger charge is -2.10. The average molecular weight is 283 g/mol. The molecule has 0 atom stereocenters. The molecule has 0 aliphatic carbocycles. The summed E-state index contributed by atoms with van der Waals surface area (Å²) in [7, 11) is 0. The molecule has 0 aliphatic rings. The summed E-state index contributed by atoms with van der Waals surface area (Å²) in [6.45, 7) is 3.79. The fourth-order valence-corrected chi connectivity index (χ4v) is 2.22. The Morgan fingerprint density at radius 1 is 1.14 bits per heavy atom. The number of nitrogen functional groups attached to an aromatic ring is 1. The number of aryl methyl sites for hydroxylation is 1. The summed E-state index contributed by atoms with van der Waals surface area (Å²) in [6.07, 6.45) is 0. The van der Waals surface area contributed by atoms with Crippen molar-refractivity contribution in [2.45, 2.75) is 13.8 Å². The van der Waals surface area contributed by atoms with Crippen molar-refractivity contribution in [3.8, 4) is 17.1 Å². The molecule has 0 unspecified atom stereocenters. The first-order valence-electron chi connectivity index (χ1n) is 6.48. The lowest BCUT2D eigenvalue weighted by atomic mass is 10.1. The molecule has 0 fully saturated rings. The molecule has 0 bridgehead atoms. The first-order chi connectivity index (χ1) is 10.1. The molecule has 21 heavy (non-hydrogen) atoms. The average Bonchev–Trinajstić information content (AvgIpc) is 2.93. The molecule has 2 N–H and O–H groups in total. The Hall–Kier alpha value is -2.76. The maximum Gasteiger partial charge on any atom is 0.187 e. The maximum absolute atomic E-state index is 13.5. The van der Waals surface area contributed by atoms with Gasteiger partial charge in [-0.05, 0) is 53.6 Å². The van der Waals surface area contributed by atoms with Crippen molar-refractivity contribution in [2.24, 2.45) is 0 Å². The number of anilines is 1. The van der Waals surface area contributed by atoms with Crippen molar-refractivity contribution in [3.05, 3.63) is 53.3 Å². The van der Waals surface area contributed by atoms with Crippen molar-refractivity contribution < 1.29 is 4.39 Å². The van der Waals surface area contributed by atoms with Gasteiger partial charge in [-0.3, -0.25) is 0 Å². The van der Waals surface area contributed by atoms with E-state index < -0.39 is 0 Å². The van der Waals surface area contributed by atoms with Crippen molar-refractivity contribution >= 4 is 5.69 Å². The highest BCUT2D eigenvalue weighted by atomic mass is 19.1. The first kappa shape index (κ1) is 13.2. The Labute approximate surface area is 121 Å². The summed E-state index contributed by atoms with van der Waals surface area (Å²) in [4.78, 5) is 0. The Bertz CT molecular complexity index is 793. The lowest BCUT2D eigenvalue weighted by Crippen LogP contribution is -2.04. The van der Waals surface area contributed by atoms with E-state index in [-0.39, 0.29) is 5.82 Å². The van der Waals surface area contributed by atoms with E-state index in [9.17, 15) is 4.39 Å². The molecule has 5 nitrogen and oxygen atoms in total. The molecule has 0 saturated heterocycles. The van der Waals surface area contributed by atoms with Crippen LogP contribution < -0.4 is 5.73 Å². The third-order valence-corrected chi connectivity index (χ3v) is 3.49. The van der Waals surface area contributed by atoms with Crippen molar-refractivity contribution in [2.75, 3.05) is 5.73 Å². The van der Waals surface area contributed by atoms with Crippen LogP contribution in [0.2, 0.25) is 0 Å². The second-order valence-corrected chi connectivity index (χ2v) is 4.86.